The van der Waals surface area contributed by atoms with Gasteiger partial charge < -0.3 is 20.4 Å². The van der Waals surface area contributed by atoms with E-state index in [0.29, 0.717) is 0 Å². The van der Waals surface area contributed by atoms with Gasteiger partial charge in [0.2, 0.25) is 11.6 Å². The molecular weight excluding hydrogens is 192 g/mol. The number of aliphatic hydroxyl groups excluding tert-OH is 4. The zero-order chi connectivity index (χ0) is 11.3. The molecule has 0 aliphatic carbocycles. The van der Waals surface area contributed by atoms with E-state index < -0.39 is 36.5 Å². The molecule has 0 bridgehead atoms. The van der Waals surface area contributed by atoms with Crippen molar-refractivity contribution in [2.45, 2.75) is 31.7 Å². The first kappa shape index (κ1) is 13.2. The second-order valence-corrected chi connectivity index (χ2v) is 2.83. The fourth-order valence-corrected chi connectivity index (χ4v) is 0.813. The van der Waals surface area contributed by atoms with Crippen molar-refractivity contribution < 1.29 is 30.0 Å². The van der Waals surface area contributed by atoms with E-state index in [9.17, 15) is 9.59 Å². The fraction of sp³-hybridized carbons (Fsp3) is 0.750. The lowest BCUT2D eigenvalue weighted by atomic mass is 10.0. The second kappa shape index (κ2) is 5.82. The number of hydrogen-bond acceptors (Lipinski definition) is 6. The van der Waals surface area contributed by atoms with Crippen LogP contribution in [0.3, 0.4) is 0 Å². The highest BCUT2D eigenvalue weighted by atomic mass is 16.4. The lowest BCUT2D eigenvalue weighted by Gasteiger charge is -2.19. The molecule has 0 aromatic carbocycles. The molecule has 14 heavy (non-hydrogen) atoms. The number of carbonyl (C=O) groups excluding carboxylic acids is 2. The summed E-state index contributed by atoms with van der Waals surface area (Å²) in [7, 11) is 0. The third kappa shape index (κ3) is 3.15. The van der Waals surface area contributed by atoms with E-state index in [2.05, 4.69) is 0 Å². The molecule has 0 spiro atoms. The van der Waals surface area contributed by atoms with Gasteiger partial charge in [-0.3, -0.25) is 9.59 Å². The van der Waals surface area contributed by atoms with Gasteiger partial charge in [0.1, 0.15) is 18.3 Å². The molecule has 0 aliphatic rings. The maximum atomic E-state index is 11.0. The predicted octanol–water partition coefficient (Wildman–Crippen LogP) is -2.39. The summed E-state index contributed by atoms with van der Waals surface area (Å²) < 4.78 is 0. The van der Waals surface area contributed by atoms with Crippen molar-refractivity contribution in [3.8, 4) is 0 Å². The zero-order valence-electron chi connectivity index (χ0n) is 7.75. The summed E-state index contributed by atoms with van der Waals surface area (Å²) in [5.74, 6) is -1.99. The Hall–Kier alpha value is -0.820. The molecule has 4 N–H and O–H groups in total. The maximum absolute atomic E-state index is 11.0. The van der Waals surface area contributed by atoms with Crippen molar-refractivity contribution in [1.82, 2.24) is 0 Å². The van der Waals surface area contributed by atoms with Gasteiger partial charge in [-0.05, 0) is 0 Å². The van der Waals surface area contributed by atoms with Gasteiger partial charge >= 0.3 is 0 Å². The summed E-state index contributed by atoms with van der Waals surface area (Å²) in [5.41, 5.74) is 0. The number of carbonyl (C=O) groups is 2. The molecule has 82 valence electrons. The Morgan fingerprint density at radius 1 is 1.21 bits per heavy atom. The summed E-state index contributed by atoms with van der Waals surface area (Å²) in [6.45, 7) is 0.633. The van der Waals surface area contributed by atoms with Gasteiger partial charge in [-0.15, -0.1) is 0 Å². The highest BCUT2D eigenvalue weighted by Crippen LogP contribution is 2.03. The monoisotopic (exact) mass is 206 g/mol. The van der Waals surface area contributed by atoms with Crippen molar-refractivity contribution in [2.24, 2.45) is 0 Å². The topological polar surface area (TPSA) is 115 Å². The molecule has 0 aromatic rings. The minimum atomic E-state index is -1.98. The summed E-state index contributed by atoms with van der Waals surface area (Å²) in [4.78, 5) is 21.8. The van der Waals surface area contributed by atoms with Crippen molar-refractivity contribution in [3.63, 3.8) is 0 Å². The predicted molar refractivity (Wildman–Crippen MR) is 45.4 cm³/mol. The molecule has 6 nitrogen and oxygen atoms in total. The Kier molecular flexibility index (Phi) is 5.47. The van der Waals surface area contributed by atoms with Crippen molar-refractivity contribution in [2.75, 3.05) is 6.61 Å². The molecule has 0 fully saturated rings. The van der Waals surface area contributed by atoms with Gasteiger partial charge in [-0.1, -0.05) is 6.92 Å². The summed E-state index contributed by atoms with van der Waals surface area (Å²) >= 11 is 0. The Balaban J connectivity index is 4.38. The molecule has 0 saturated heterocycles. The van der Waals surface area contributed by atoms with Crippen LogP contribution in [-0.2, 0) is 9.59 Å². The Morgan fingerprint density at radius 3 is 2.07 bits per heavy atom. The van der Waals surface area contributed by atoms with Crippen LogP contribution >= 0.6 is 0 Å². The molecule has 0 rings (SSSR count). The van der Waals surface area contributed by atoms with E-state index >= 15 is 0 Å². The molecule has 0 saturated carbocycles. The standard InChI is InChI=1S/C8H14O6/c1-2-4(10)6(12)8(14)7(13)5(11)3-9/h5,7-9,11,13-14H,2-3H2,1H3. The summed E-state index contributed by atoms with van der Waals surface area (Å²) in [6.07, 6.45) is -5.55. The van der Waals surface area contributed by atoms with Crippen LogP contribution in [0.1, 0.15) is 13.3 Å². The number of rotatable bonds is 6. The van der Waals surface area contributed by atoms with Gasteiger partial charge in [-0.2, -0.15) is 0 Å². The molecule has 0 aliphatic heterocycles. The van der Waals surface area contributed by atoms with Crippen LogP contribution < -0.4 is 0 Å². The van der Waals surface area contributed by atoms with Gasteiger partial charge in [0, 0.05) is 6.42 Å². The van der Waals surface area contributed by atoms with Gasteiger partial charge in [0.15, 0.2) is 0 Å². The number of aliphatic hydroxyl groups is 4. The first-order valence-electron chi connectivity index (χ1n) is 4.17. The van der Waals surface area contributed by atoms with Crippen LogP contribution in [0, 0.1) is 0 Å². The summed E-state index contributed by atoms with van der Waals surface area (Å²) in [6, 6.07) is 0. The first-order chi connectivity index (χ1) is 6.45. The van der Waals surface area contributed by atoms with E-state index in [4.69, 9.17) is 20.4 Å². The van der Waals surface area contributed by atoms with E-state index in [1.54, 1.807) is 0 Å². The number of hydrogen-bond donors (Lipinski definition) is 4. The van der Waals surface area contributed by atoms with Gasteiger partial charge in [0.25, 0.3) is 0 Å². The normalized spacial score (nSPS) is 17.2. The smallest absolute Gasteiger partial charge is 0.229 e. The lowest BCUT2D eigenvalue weighted by Crippen LogP contribution is -2.46. The Morgan fingerprint density at radius 2 is 1.71 bits per heavy atom. The van der Waals surface area contributed by atoms with Crippen LogP contribution in [0.15, 0.2) is 0 Å². The zero-order valence-corrected chi connectivity index (χ0v) is 7.75. The van der Waals surface area contributed by atoms with Gasteiger partial charge in [-0.25, -0.2) is 0 Å². The first-order valence-corrected chi connectivity index (χ1v) is 4.17. The third-order valence-corrected chi connectivity index (χ3v) is 1.77. The summed E-state index contributed by atoms with van der Waals surface area (Å²) in [5, 5.41) is 35.5. The molecule has 0 aromatic heterocycles. The third-order valence-electron chi connectivity index (χ3n) is 1.77. The maximum Gasteiger partial charge on any atom is 0.229 e. The molecule has 3 unspecified atom stereocenters. The molecular formula is C8H14O6. The van der Waals surface area contributed by atoms with Crippen LogP contribution in [-0.4, -0.2) is 56.9 Å². The van der Waals surface area contributed by atoms with Crippen molar-refractivity contribution in [1.29, 1.82) is 0 Å². The van der Waals surface area contributed by atoms with E-state index in [1.165, 1.54) is 6.92 Å². The van der Waals surface area contributed by atoms with Crippen LogP contribution in [0.25, 0.3) is 0 Å². The van der Waals surface area contributed by atoms with Crippen molar-refractivity contribution >= 4 is 11.6 Å². The molecule has 0 radical (unpaired) electrons. The number of ketones is 2. The second-order valence-electron chi connectivity index (χ2n) is 2.83. The molecule has 3 atom stereocenters. The average molecular weight is 206 g/mol. The van der Waals surface area contributed by atoms with Crippen LogP contribution in [0.2, 0.25) is 0 Å². The Labute approximate surface area is 80.8 Å². The van der Waals surface area contributed by atoms with E-state index in [1.807, 2.05) is 0 Å². The molecule has 0 amide bonds. The lowest BCUT2D eigenvalue weighted by molar-refractivity contribution is -0.149. The molecule has 0 heterocycles. The van der Waals surface area contributed by atoms with Crippen LogP contribution in [0.4, 0.5) is 0 Å². The minimum absolute atomic E-state index is 0.0855. The minimum Gasteiger partial charge on any atom is -0.394 e. The largest absolute Gasteiger partial charge is 0.394 e. The number of Topliss-reactive ketones (excluding diaryl/α,β-unsaturated/α-hetero) is 2. The average Bonchev–Trinajstić information content (AvgIpc) is 2.23. The van der Waals surface area contributed by atoms with E-state index in [0.717, 1.165) is 0 Å². The van der Waals surface area contributed by atoms with Crippen molar-refractivity contribution in [3.05, 3.63) is 0 Å². The molecule has 6 heteroatoms. The quantitative estimate of drug-likeness (QED) is 0.360. The SMILES string of the molecule is CCC(=O)C(=O)C(O)C(O)C(O)CO. The van der Waals surface area contributed by atoms with Gasteiger partial charge in [0.05, 0.1) is 6.61 Å². The Bertz CT molecular complexity index is 214. The fourth-order valence-electron chi connectivity index (χ4n) is 0.813. The highest BCUT2D eigenvalue weighted by Gasteiger charge is 2.32. The van der Waals surface area contributed by atoms with Crippen LogP contribution in [0.5, 0.6) is 0 Å². The van der Waals surface area contributed by atoms with E-state index in [-0.39, 0.29) is 6.42 Å². The highest BCUT2D eigenvalue weighted by molar-refractivity contribution is 6.38.